The molecule has 1 atom stereocenters. The highest BCUT2D eigenvalue weighted by Gasteiger charge is 2.36. The Bertz CT molecular complexity index is 396. The van der Waals surface area contributed by atoms with Gasteiger partial charge in [-0.3, -0.25) is 9.58 Å². The number of aliphatic hydroxyl groups excluding tert-OH is 1. The van der Waals surface area contributed by atoms with Gasteiger partial charge in [-0.2, -0.15) is 5.10 Å². The molecule has 19 heavy (non-hydrogen) atoms. The van der Waals surface area contributed by atoms with Gasteiger partial charge in [-0.25, -0.2) is 4.98 Å². The van der Waals surface area contributed by atoms with Gasteiger partial charge in [0.2, 0.25) is 0 Å². The molecule has 1 saturated heterocycles. The fourth-order valence-electron chi connectivity index (χ4n) is 2.77. The Labute approximate surface area is 115 Å². The third kappa shape index (κ3) is 3.15. The first-order valence-electron chi connectivity index (χ1n) is 7.35. The summed E-state index contributed by atoms with van der Waals surface area (Å²) in [6, 6.07) is 0. The molecule has 0 spiro atoms. The van der Waals surface area contributed by atoms with Gasteiger partial charge in [0, 0.05) is 18.5 Å². The predicted octanol–water partition coefficient (Wildman–Crippen LogP) is 1.47. The number of nitrogens with zero attached hydrogens (tertiary/aromatic N) is 4. The predicted molar refractivity (Wildman–Crippen MR) is 74.9 cm³/mol. The maximum Gasteiger partial charge on any atom is 0.138 e. The highest BCUT2D eigenvalue weighted by Crippen LogP contribution is 2.25. The highest BCUT2D eigenvalue weighted by molar-refractivity contribution is 4.97. The van der Waals surface area contributed by atoms with Crippen LogP contribution >= 0.6 is 0 Å². The number of aromatic nitrogens is 3. The van der Waals surface area contributed by atoms with Crippen LogP contribution < -0.4 is 0 Å². The first-order valence-corrected chi connectivity index (χ1v) is 7.35. The summed E-state index contributed by atoms with van der Waals surface area (Å²) in [4.78, 5) is 6.68. The van der Waals surface area contributed by atoms with E-state index >= 15 is 0 Å². The van der Waals surface area contributed by atoms with Crippen LogP contribution in [-0.2, 0) is 13.0 Å². The van der Waals surface area contributed by atoms with Gasteiger partial charge in [-0.1, -0.05) is 6.92 Å². The van der Waals surface area contributed by atoms with Gasteiger partial charge >= 0.3 is 0 Å². The number of aryl methyl sites for hydroxylation is 1. The summed E-state index contributed by atoms with van der Waals surface area (Å²) in [5.74, 6) is 0.890. The SMILES string of the molecule is CCCn1ncnc1CC(O)C(C)(C)N1CCCC1. The van der Waals surface area contributed by atoms with Gasteiger partial charge in [-0.15, -0.1) is 0 Å². The van der Waals surface area contributed by atoms with Crippen molar-refractivity contribution in [3.63, 3.8) is 0 Å². The normalized spacial score (nSPS) is 18.9. The van der Waals surface area contributed by atoms with Crippen LogP contribution in [0.3, 0.4) is 0 Å². The molecular formula is C14H26N4O. The fourth-order valence-corrected chi connectivity index (χ4v) is 2.77. The molecule has 5 heteroatoms. The Hall–Kier alpha value is -0.940. The van der Waals surface area contributed by atoms with Crippen LogP contribution in [0.25, 0.3) is 0 Å². The zero-order valence-corrected chi connectivity index (χ0v) is 12.3. The zero-order valence-electron chi connectivity index (χ0n) is 12.3. The average Bonchev–Trinajstić information content (AvgIpc) is 3.01. The summed E-state index contributed by atoms with van der Waals surface area (Å²) >= 11 is 0. The molecule has 1 aliphatic heterocycles. The number of rotatable bonds is 6. The number of likely N-dealkylation sites (tertiary alicyclic amines) is 1. The van der Waals surface area contributed by atoms with Gasteiger partial charge in [0.1, 0.15) is 12.2 Å². The van der Waals surface area contributed by atoms with Gasteiger partial charge in [0.15, 0.2) is 0 Å². The van der Waals surface area contributed by atoms with E-state index in [0.29, 0.717) is 6.42 Å². The van der Waals surface area contributed by atoms with Gasteiger partial charge in [0.05, 0.1) is 6.10 Å². The molecule has 1 N–H and O–H groups in total. The lowest BCUT2D eigenvalue weighted by Crippen LogP contribution is -2.52. The number of hydrogen-bond donors (Lipinski definition) is 1. The lowest BCUT2D eigenvalue weighted by atomic mass is 9.92. The van der Waals surface area contributed by atoms with Crippen molar-refractivity contribution in [2.75, 3.05) is 13.1 Å². The van der Waals surface area contributed by atoms with Gasteiger partial charge < -0.3 is 5.11 Å². The van der Waals surface area contributed by atoms with Gasteiger partial charge in [0.25, 0.3) is 0 Å². The smallest absolute Gasteiger partial charge is 0.138 e. The van der Waals surface area contributed by atoms with E-state index in [0.717, 1.165) is 31.9 Å². The summed E-state index contributed by atoms with van der Waals surface area (Å²) in [5, 5.41) is 14.8. The molecule has 0 radical (unpaired) electrons. The number of aliphatic hydroxyl groups is 1. The quantitative estimate of drug-likeness (QED) is 0.847. The monoisotopic (exact) mass is 266 g/mol. The first kappa shape index (κ1) is 14.5. The van der Waals surface area contributed by atoms with Crippen molar-refractivity contribution in [3.05, 3.63) is 12.2 Å². The van der Waals surface area contributed by atoms with E-state index in [-0.39, 0.29) is 5.54 Å². The topological polar surface area (TPSA) is 54.2 Å². The lowest BCUT2D eigenvalue weighted by molar-refractivity contribution is 0.00171. The molecule has 2 heterocycles. The Kier molecular flexibility index (Phi) is 4.58. The molecule has 0 bridgehead atoms. The van der Waals surface area contributed by atoms with E-state index in [1.54, 1.807) is 6.33 Å². The van der Waals surface area contributed by atoms with Crippen LogP contribution in [0.4, 0.5) is 0 Å². The first-order chi connectivity index (χ1) is 9.05. The summed E-state index contributed by atoms with van der Waals surface area (Å²) < 4.78 is 1.91. The Balaban J connectivity index is 2.02. The summed E-state index contributed by atoms with van der Waals surface area (Å²) in [6.07, 6.45) is 5.25. The van der Waals surface area contributed by atoms with Crippen molar-refractivity contribution >= 4 is 0 Å². The molecule has 1 aromatic rings. The van der Waals surface area contributed by atoms with Crippen LogP contribution in [0.1, 0.15) is 45.9 Å². The molecule has 0 aliphatic carbocycles. The molecule has 1 aliphatic rings. The fraction of sp³-hybridized carbons (Fsp3) is 0.857. The molecular weight excluding hydrogens is 240 g/mol. The standard InChI is InChI=1S/C14H26N4O/c1-4-7-18-13(15-11-16-18)10-12(19)14(2,3)17-8-5-6-9-17/h11-12,19H,4-10H2,1-3H3. The second kappa shape index (κ2) is 6.01. The third-order valence-electron chi connectivity index (χ3n) is 4.24. The van der Waals surface area contributed by atoms with E-state index in [1.165, 1.54) is 12.8 Å². The minimum absolute atomic E-state index is 0.195. The Morgan fingerprint density at radius 2 is 2.05 bits per heavy atom. The van der Waals surface area contributed by atoms with E-state index in [1.807, 2.05) is 4.68 Å². The minimum atomic E-state index is -0.412. The van der Waals surface area contributed by atoms with E-state index in [9.17, 15) is 5.11 Å². The molecule has 0 amide bonds. The maximum absolute atomic E-state index is 10.6. The van der Waals surface area contributed by atoms with E-state index in [2.05, 4.69) is 35.8 Å². The van der Waals surface area contributed by atoms with Crippen molar-refractivity contribution in [2.24, 2.45) is 0 Å². The largest absolute Gasteiger partial charge is 0.391 e. The molecule has 1 aromatic heterocycles. The van der Waals surface area contributed by atoms with Crippen LogP contribution in [0, 0.1) is 0 Å². The molecule has 0 saturated carbocycles. The molecule has 1 fully saturated rings. The van der Waals surface area contributed by atoms with Crippen molar-refractivity contribution in [1.82, 2.24) is 19.7 Å². The summed E-state index contributed by atoms with van der Waals surface area (Å²) in [6.45, 7) is 9.42. The average molecular weight is 266 g/mol. The number of hydrogen-bond acceptors (Lipinski definition) is 4. The summed E-state index contributed by atoms with van der Waals surface area (Å²) in [5.41, 5.74) is -0.195. The highest BCUT2D eigenvalue weighted by atomic mass is 16.3. The molecule has 0 aromatic carbocycles. The third-order valence-corrected chi connectivity index (χ3v) is 4.24. The second-order valence-electron chi connectivity index (χ2n) is 5.97. The Morgan fingerprint density at radius 3 is 2.68 bits per heavy atom. The molecule has 5 nitrogen and oxygen atoms in total. The minimum Gasteiger partial charge on any atom is -0.391 e. The van der Waals surface area contributed by atoms with Crippen LogP contribution in [-0.4, -0.2) is 49.5 Å². The zero-order chi connectivity index (χ0) is 13.9. The molecule has 2 rings (SSSR count). The van der Waals surface area contributed by atoms with Crippen molar-refractivity contribution in [3.8, 4) is 0 Å². The molecule has 1 unspecified atom stereocenters. The maximum atomic E-state index is 10.6. The van der Waals surface area contributed by atoms with Crippen molar-refractivity contribution in [2.45, 2.75) is 64.6 Å². The van der Waals surface area contributed by atoms with Crippen molar-refractivity contribution < 1.29 is 5.11 Å². The van der Waals surface area contributed by atoms with Crippen LogP contribution in [0.2, 0.25) is 0 Å². The van der Waals surface area contributed by atoms with E-state index < -0.39 is 6.10 Å². The van der Waals surface area contributed by atoms with Gasteiger partial charge in [-0.05, 0) is 46.2 Å². The van der Waals surface area contributed by atoms with Crippen LogP contribution in [0.5, 0.6) is 0 Å². The van der Waals surface area contributed by atoms with Crippen molar-refractivity contribution in [1.29, 1.82) is 0 Å². The lowest BCUT2D eigenvalue weighted by Gasteiger charge is -2.39. The van der Waals surface area contributed by atoms with E-state index in [4.69, 9.17) is 0 Å². The van der Waals surface area contributed by atoms with Crippen LogP contribution in [0.15, 0.2) is 6.33 Å². The second-order valence-corrected chi connectivity index (χ2v) is 5.97. The Morgan fingerprint density at radius 1 is 1.37 bits per heavy atom. The summed E-state index contributed by atoms with van der Waals surface area (Å²) in [7, 11) is 0. The molecule has 108 valence electrons.